The van der Waals surface area contributed by atoms with E-state index >= 15 is 0 Å². The SMILES string of the molecule is CC(C)(C)c1ccnc(-n2c3[c-]c(Oc4[c-]c(-n5[c-][n+]6c7c(cccc75)-c5ccccc5-c5ccc7oc8ccccc8c7c5-c5ccc7oc8ccccc8c7c5-6)ccc4)ccc3c3ccccc32)c1.[Pt]. The van der Waals surface area contributed by atoms with E-state index in [4.69, 9.17) is 18.6 Å². The smallest absolute Gasteiger partial charge is 0.268 e. The summed E-state index contributed by atoms with van der Waals surface area (Å²) in [6.07, 6.45) is 5.82. The Bertz CT molecular complexity index is 4560. The van der Waals surface area contributed by atoms with E-state index in [9.17, 15) is 0 Å². The molecule has 0 N–H and O–H groups in total. The summed E-state index contributed by atoms with van der Waals surface area (Å²) in [6.45, 7) is 6.67. The molecule has 15 rings (SSSR count). The number of pyridine rings is 1. The maximum absolute atomic E-state index is 6.76. The van der Waals surface area contributed by atoms with E-state index < -0.39 is 0 Å². The summed E-state index contributed by atoms with van der Waals surface area (Å²) in [4.78, 5) is 4.88. The number of ether oxygens (including phenoxy) is 1. The standard InChI is InChI=1S/C64H40N4O3.Pt/c1-64(2,3)38-32-33-65-58(34-38)68-51-22-9-6-18-44(51)45-27-26-41(36-53(45)68)69-40-15-12-14-39(35-40)66-37-67-62-47(21-13-23-52(62)66)43-17-5-4-16-42(43)46-28-30-56-60(48-19-7-10-24-54(48)70-56)59(46)50-29-31-57-61(63(50)67)49-20-8-11-25-55(49)71-57;/h4-34H,1-3H3;/q-2;. The Balaban J connectivity index is 0.00000482. The first kappa shape index (κ1) is 42.4. The van der Waals surface area contributed by atoms with E-state index in [2.05, 4.69) is 199 Å². The van der Waals surface area contributed by atoms with Crippen molar-refractivity contribution in [1.82, 2.24) is 14.1 Å². The van der Waals surface area contributed by atoms with Gasteiger partial charge in [-0.25, -0.2) is 4.98 Å². The van der Waals surface area contributed by atoms with Crippen molar-refractivity contribution in [1.29, 1.82) is 0 Å². The van der Waals surface area contributed by atoms with Gasteiger partial charge in [-0.3, -0.25) is 4.57 Å². The average Bonchev–Trinajstić information content (AvgIpc) is 4.17. The maximum Gasteiger partial charge on any atom is 0.268 e. The molecule has 8 heteroatoms. The van der Waals surface area contributed by atoms with Crippen molar-refractivity contribution in [2.75, 3.05) is 0 Å². The fourth-order valence-electron chi connectivity index (χ4n) is 11.1. The van der Waals surface area contributed by atoms with Crippen LogP contribution < -0.4 is 9.30 Å². The van der Waals surface area contributed by atoms with E-state index in [1.165, 1.54) is 5.56 Å². The van der Waals surface area contributed by atoms with Gasteiger partial charge in [0.2, 0.25) is 0 Å². The third-order valence-electron chi connectivity index (χ3n) is 14.4. The number of rotatable bonds is 4. The Morgan fingerprint density at radius 1 is 0.528 bits per heavy atom. The quantitative estimate of drug-likeness (QED) is 0.130. The number of aromatic nitrogens is 4. The van der Waals surface area contributed by atoms with Crippen molar-refractivity contribution in [3.05, 3.63) is 212 Å². The molecule has 0 atom stereocenters. The molecule has 0 aliphatic carbocycles. The van der Waals surface area contributed by atoms with Gasteiger partial charge in [0.25, 0.3) is 6.33 Å². The Labute approximate surface area is 428 Å². The molecular weight excluding hydrogens is 1070 g/mol. The molecule has 1 aliphatic heterocycles. The van der Waals surface area contributed by atoms with E-state index in [0.717, 1.165) is 127 Å². The Morgan fingerprint density at radius 3 is 1.96 bits per heavy atom. The second-order valence-corrected chi connectivity index (χ2v) is 19.5. The third-order valence-corrected chi connectivity index (χ3v) is 14.4. The fraction of sp³-hybridized carbons (Fsp3) is 0.0625. The van der Waals surface area contributed by atoms with Crippen molar-refractivity contribution in [3.63, 3.8) is 0 Å². The van der Waals surface area contributed by atoms with E-state index in [-0.39, 0.29) is 26.5 Å². The maximum atomic E-state index is 6.76. The molecule has 72 heavy (non-hydrogen) atoms. The first-order valence-corrected chi connectivity index (χ1v) is 23.9. The summed E-state index contributed by atoms with van der Waals surface area (Å²) in [7, 11) is 0. The van der Waals surface area contributed by atoms with Crippen molar-refractivity contribution < 1.29 is 39.2 Å². The van der Waals surface area contributed by atoms with Crippen LogP contribution in [0.3, 0.4) is 0 Å². The van der Waals surface area contributed by atoms with Crippen molar-refractivity contribution in [2.24, 2.45) is 0 Å². The van der Waals surface area contributed by atoms with Crippen LogP contribution in [0.15, 0.2) is 197 Å². The molecule has 0 saturated heterocycles. The van der Waals surface area contributed by atoms with Crippen LogP contribution in [0.4, 0.5) is 0 Å². The number of furan rings is 2. The largest absolute Gasteiger partial charge is 0.510 e. The topological polar surface area (TPSA) is 62.1 Å². The van der Waals surface area contributed by atoms with Gasteiger partial charge in [-0.05, 0) is 97.9 Å². The zero-order chi connectivity index (χ0) is 47.1. The molecule has 0 fully saturated rings. The second-order valence-electron chi connectivity index (χ2n) is 19.5. The molecule has 0 saturated carbocycles. The molecule has 0 unspecified atom stereocenters. The number of benzene rings is 9. The molecule has 6 heterocycles. The van der Waals surface area contributed by atoms with Crippen LogP contribution in [0, 0.1) is 18.5 Å². The molecule has 0 radical (unpaired) electrons. The van der Waals surface area contributed by atoms with Gasteiger partial charge in [-0.15, -0.1) is 29.7 Å². The molecule has 14 aromatic rings. The number of para-hydroxylation sites is 4. The summed E-state index contributed by atoms with van der Waals surface area (Å²) in [6, 6.07) is 70.7. The van der Waals surface area contributed by atoms with Gasteiger partial charge in [0.05, 0.1) is 16.7 Å². The number of hydrogen-bond acceptors (Lipinski definition) is 4. The van der Waals surface area contributed by atoms with Gasteiger partial charge >= 0.3 is 0 Å². The van der Waals surface area contributed by atoms with E-state index in [1.807, 2.05) is 42.6 Å². The van der Waals surface area contributed by atoms with E-state index in [1.54, 1.807) is 0 Å². The van der Waals surface area contributed by atoms with Gasteiger partial charge < -0.3 is 22.7 Å². The zero-order valence-electron chi connectivity index (χ0n) is 39.2. The zero-order valence-corrected chi connectivity index (χ0v) is 41.5. The Kier molecular flexibility index (Phi) is 9.27. The molecule has 7 nitrogen and oxygen atoms in total. The first-order chi connectivity index (χ1) is 34.8. The van der Waals surface area contributed by atoms with Gasteiger partial charge in [0.15, 0.2) is 0 Å². The van der Waals surface area contributed by atoms with Crippen LogP contribution in [-0.2, 0) is 26.5 Å². The Morgan fingerprint density at radius 2 is 1.17 bits per heavy atom. The minimum absolute atomic E-state index is 0. The normalized spacial score (nSPS) is 12.3. The van der Waals surface area contributed by atoms with Crippen molar-refractivity contribution in [2.45, 2.75) is 26.2 Å². The molecule has 346 valence electrons. The van der Waals surface area contributed by atoms with Crippen LogP contribution in [-0.4, -0.2) is 14.1 Å². The minimum atomic E-state index is -0.0460. The summed E-state index contributed by atoms with van der Waals surface area (Å²) >= 11 is 0. The number of nitrogens with zero attached hydrogens (tertiary/aromatic N) is 4. The second kappa shape index (κ2) is 15.7. The van der Waals surface area contributed by atoms with Gasteiger partial charge in [-0.2, -0.15) is 18.2 Å². The van der Waals surface area contributed by atoms with Crippen LogP contribution in [0.5, 0.6) is 11.5 Å². The predicted octanol–water partition coefficient (Wildman–Crippen LogP) is 16.0. The monoisotopic (exact) mass is 1110 g/mol. The van der Waals surface area contributed by atoms with Gasteiger partial charge in [-0.1, -0.05) is 135 Å². The van der Waals surface area contributed by atoms with E-state index in [0.29, 0.717) is 11.5 Å². The van der Waals surface area contributed by atoms with Crippen LogP contribution in [0.25, 0.3) is 127 Å². The average molecular weight is 1110 g/mol. The number of imidazole rings is 1. The van der Waals surface area contributed by atoms with Crippen molar-refractivity contribution >= 4 is 76.7 Å². The predicted molar refractivity (Wildman–Crippen MR) is 283 cm³/mol. The molecule has 0 spiro atoms. The fourth-order valence-corrected chi connectivity index (χ4v) is 11.1. The van der Waals surface area contributed by atoms with Crippen LogP contribution >= 0.6 is 0 Å². The Hall–Kier alpha value is -8.51. The van der Waals surface area contributed by atoms with Gasteiger partial charge in [0, 0.05) is 65.8 Å². The third kappa shape index (κ3) is 6.20. The summed E-state index contributed by atoms with van der Waals surface area (Å²) in [5.74, 6) is 1.95. The van der Waals surface area contributed by atoms with Gasteiger partial charge in [0.1, 0.15) is 28.1 Å². The molecule has 0 amide bonds. The number of fused-ring (bicyclic) bond motifs is 18. The van der Waals surface area contributed by atoms with Crippen LogP contribution in [0.2, 0.25) is 0 Å². The minimum Gasteiger partial charge on any atom is -0.510 e. The number of hydrogen-bond donors (Lipinski definition) is 0. The van der Waals surface area contributed by atoms with Crippen LogP contribution in [0.1, 0.15) is 26.3 Å². The molecule has 1 aliphatic rings. The summed E-state index contributed by atoms with van der Waals surface area (Å²) < 4.78 is 26.6. The molecular formula is C64H40N4O3Pt-2. The first-order valence-electron chi connectivity index (χ1n) is 23.9. The van der Waals surface area contributed by atoms with Crippen molar-refractivity contribution in [3.8, 4) is 62.1 Å². The molecule has 0 bridgehead atoms. The molecule has 9 aromatic carbocycles. The summed E-state index contributed by atoms with van der Waals surface area (Å²) in [5.41, 5.74) is 16.6. The molecule has 5 aromatic heterocycles. The summed E-state index contributed by atoms with van der Waals surface area (Å²) in [5, 5.41) is 6.34.